The molecule has 5 heteroatoms. The molecule has 4 nitrogen and oxygen atoms in total. The van der Waals surface area contributed by atoms with Crippen molar-refractivity contribution < 1.29 is 4.79 Å². The van der Waals surface area contributed by atoms with E-state index in [1.54, 1.807) is 18.6 Å². The van der Waals surface area contributed by atoms with Crippen LogP contribution < -0.4 is 5.32 Å². The lowest BCUT2D eigenvalue weighted by Gasteiger charge is -2.10. The molecule has 2 aromatic carbocycles. The molecule has 1 amide bonds. The number of halogens is 1. The Bertz CT molecular complexity index is 865. The van der Waals surface area contributed by atoms with Gasteiger partial charge in [-0.1, -0.05) is 29.8 Å². The summed E-state index contributed by atoms with van der Waals surface area (Å²) in [4.78, 5) is 20.2. The van der Waals surface area contributed by atoms with E-state index in [0.717, 1.165) is 22.4 Å². The van der Waals surface area contributed by atoms with Crippen molar-refractivity contribution in [1.29, 1.82) is 0 Å². The number of hydrogen-bond donors (Lipinski definition) is 1. The molecule has 24 heavy (non-hydrogen) atoms. The largest absolute Gasteiger partial charge is 0.326 e. The normalized spacial score (nSPS) is 10.4. The lowest BCUT2D eigenvalue weighted by atomic mass is 10.0. The summed E-state index contributed by atoms with van der Waals surface area (Å²) < 4.78 is 0. The van der Waals surface area contributed by atoms with Crippen LogP contribution in [-0.4, -0.2) is 15.9 Å². The quantitative estimate of drug-likeness (QED) is 0.772. The van der Waals surface area contributed by atoms with Gasteiger partial charge >= 0.3 is 0 Å². The first-order chi connectivity index (χ1) is 11.6. The summed E-state index contributed by atoms with van der Waals surface area (Å²) in [5.41, 5.74) is 4.52. The third-order valence-corrected chi connectivity index (χ3v) is 3.85. The van der Waals surface area contributed by atoms with Crippen LogP contribution in [0, 0.1) is 6.92 Å². The fraction of sp³-hybridized carbons (Fsp3) is 0.105. The second kappa shape index (κ2) is 7.23. The number of rotatable bonds is 4. The minimum absolute atomic E-state index is 0.117. The van der Waals surface area contributed by atoms with E-state index in [1.165, 1.54) is 0 Å². The van der Waals surface area contributed by atoms with Gasteiger partial charge in [0.1, 0.15) is 0 Å². The van der Waals surface area contributed by atoms with Crippen molar-refractivity contribution in [1.82, 2.24) is 9.97 Å². The van der Waals surface area contributed by atoms with Gasteiger partial charge in [-0.3, -0.25) is 14.8 Å². The second-order valence-corrected chi connectivity index (χ2v) is 5.90. The maximum absolute atomic E-state index is 12.1. The predicted octanol–water partition coefficient (Wildman–Crippen LogP) is 4.29. The zero-order chi connectivity index (χ0) is 16.9. The highest BCUT2D eigenvalue weighted by Gasteiger charge is 2.08. The molecule has 0 fully saturated rings. The van der Waals surface area contributed by atoms with Gasteiger partial charge in [-0.05, 0) is 47.9 Å². The fourth-order valence-electron chi connectivity index (χ4n) is 2.43. The third kappa shape index (κ3) is 3.97. The molecule has 1 N–H and O–H groups in total. The Morgan fingerprint density at radius 1 is 1.12 bits per heavy atom. The van der Waals surface area contributed by atoms with Crippen LogP contribution in [0.2, 0.25) is 5.02 Å². The number of carbonyl (C=O) groups is 1. The van der Waals surface area contributed by atoms with Crippen LogP contribution in [-0.2, 0) is 11.2 Å². The summed E-state index contributed by atoms with van der Waals surface area (Å²) in [5.74, 6) is -0.117. The molecule has 1 heterocycles. The summed E-state index contributed by atoms with van der Waals surface area (Å²) in [6.45, 7) is 1.96. The van der Waals surface area contributed by atoms with Crippen LogP contribution in [0.3, 0.4) is 0 Å². The Hall–Kier alpha value is -2.72. The van der Waals surface area contributed by atoms with Gasteiger partial charge in [-0.2, -0.15) is 0 Å². The van der Waals surface area contributed by atoms with Crippen molar-refractivity contribution in [3.63, 3.8) is 0 Å². The smallest absolute Gasteiger partial charge is 0.230 e. The molecule has 0 saturated heterocycles. The summed E-state index contributed by atoms with van der Waals surface area (Å²) in [5, 5.41) is 3.62. The molecule has 0 aliphatic heterocycles. The van der Waals surface area contributed by atoms with E-state index < -0.39 is 0 Å². The van der Waals surface area contributed by atoms with Crippen LogP contribution in [0.25, 0.3) is 11.1 Å². The highest BCUT2D eigenvalue weighted by molar-refractivity contribution is 6.30. The monoisotopic (exact) mass is 337 g/mol. The highest BCUT2D eigenvalue weighted by atomic mass is 35.5. The molecule has 3 aromatic rings. The number of amides is 1. The van der Waals surface area contributed by atoms with Gasteiger partial charge in [0.2, 0.25) is 5.91 Å². The first-order valence-electron chi connectivity index (χ1n) is 7.53. The lowest BCUT2D eigenvalue weighted by Crippen LogP contribution is -2.16. The zero-order valence-corrected chi connectivity index (χ0v) is 13.9. The Morgan fingerprint density at radius 2 is 1.96 bits per heavy atom. The average Bonchev–Trinajstić information content (AvgIpc) is 2.57. The van der Waals surface area contributed by atoms with Crippen LogP contribution >= 0.6 is 11.6 Å². The van der Waals surface area contributed by atoms with Crippen LogP contribution in [0.5, 0.6) is 0 Å². The number of benzene rings is 2. The molecule has 0 aliphatic carbocycles. The molecule has 0 aliphatic rings. The second-order valence-electron chi connectivity index (χ2n) is 5.46. The van der Waals surface area contributed by atoms with Gasteiger partial charge in [0.15, 0.2) is 0 Å². The average molecular weight is 338 g/mol. The van der Waals surface area contributed by atoms with Crippen LogP contribution in [0.1, 0.15) is 11.3 Å². The molecule has 0 saturated carbocycles. The van der Waals surface area contributed by atoms with E-state index in [0.29, 0.717) is 10.7 Å². The van der Waals surface area contributed by atoms with E-state index in [4.69, 9.17) is 11.6 Å². The van der Waals surface area contributed by atoms with Crippen molar-refractivity contribution in [2.75, 3.05) is 5.32 Å². The summed E-state index contributed by atoms with van der Waals surface area (Å²) in [6, 6.07) is 13.6. The minimum atomic E-state index is -0.117. The number of aryl methyl sites for hydroxylation is 1. The van der Waals surface area contributed by atoms with Crippen molar-refractivity contribution in [2.24, 2.45) is 0 Å². The summed E-state index contributed by atoms with van der Waals surface area (Å²) in [6.07, 6.45) is 4.95. The molecular formula is C19H16ClN3O. The molecule has 0 spiro atoms. The van der Waals surface area contributed by atoms with Crippen molar-refractivity contribution in [3.05, 3.63) is 77.3 Å². The Balaban J connectivity index is 1.74. The summed E-state index contributed by atoms with van der Waals surface area (Å²) in [7, 11) is 0. The van der Waals surface area contributed by atoms with E-state index in [-0.39, 0.29) is 12.3 Å². The van der Waals surface area contributed by atoms with Gasteiger partial charge < -0.3 is 5.32 Å². The van der Waals surface area contributed by atoms with Crippen molar-refractivity contribution in [3.8, 4) is 11.1 Å². The SMILES string of the molecule is Cc1cc(-c2cccc(Cl)c2)ccc1NC(=O)Cc1cnccn1. The molecule has 0 atom stereocenters. The van der Waals surface area contributed by atoms with Crippen molar-refractivity contribution >= 4 is 23.2 Å². The first-order valence-corrected chi connectivity index (χ1v) is 7.91. The first kappa shape index (κ1) is 16.1. The van der Waals surface area contributed by atoms with Gasteiger partial charge in [0, 0.05) is 29.3 Å². The standard InChI is InChI=1S/C19H16ClN3O/c1-13-9-15(14-3-2-4-16(20)10-14)5-6-18(13)23-19(24)11-17-12-21-7-8-22-17/h2-10,12H,11H2,1H3,(H,23,24). The number of nitrogens with zero attached hydrogens (tertiary/aromatic N) is 2. The zero-order valence-electron chi connectivity index (χ0n) is 13.2. The lowest BCUT2D eigenvalue weighted by molar-refractivity contribution is -0.115. The number of hydrogen-bond acceptors (Lipinski definition) is 3. The van der Waals surface area contributed by atoms with Crippen LogP contribution in [0.15, 0.2) is 61.1 Å². The molecule has 1 aromatic heterocycles. The van der Waals surface area contributed by atoms with E-state index >= 15 is 0 Å². The van der Waals surface area contributed by atoms with Crippen LogP contribution in [0.4, 0.5) is 5.69 Å². The molecule has 0 radical (unpaired) electrons. The van der Waals surface area contributed by atoms with Gasteiger partial charge in [0.05, 0.1) is 12.1 Å². The number of aromatic nitrogens is 2. The van der Waals surface area contributed by atoms with Gasteiger partial charge in [-0.15, -0.1) is 0 Å². The third-order valence-electron chi connectivity index (χ3n) is 3.62. The topological polar surface area (TPSA) is 54.9 Å². The minimum Gasteiger partial charge on any atom is -0.326 e. The predicted molar refractivity (Wildman–Crippen MR) is 96.0 cm³/mol. The summed E-state index contributed by atoms with van der Waals surface area (Å²) >= 11 is 6.04. The highest BCUT2D eigenvalue weighted by Crippen LogP contribution is 2.26. The molecule has 0 unspecified atom stereocenters. The number of nitrogens with one attached hydrogen (secondary N) is 1. The fourth-order valence-corrected chi connectivity index (χ4v) is 2.62. The molecule has 120 valence electrons. The van der Waals surface area contributed by atoms with E-state index in [2.05, 4.69) is 15.3 Å². The van der Waals surface area contributed by atoms with Gasteiger partial charge in [0.25, 0.3) is 0 Å². The maximum atomic E-state index is 12.1. The Kier molecular flexibility index (Phi) is 4.87. The van der Waals surface area contributed by atoms with E-state index in [1.807, 2.05) is 49.4 Å². The van der Waals surface area contributed by atoms with Gasteiger partial charge in [-0.25, -0.2) is 0 Å². The van der Waals surface area contributed by atoms with E-state index in [9.17, 15) is 4.79 Å². The van der Waals surface area contributed by atoms with Crippen molar-refractivity contribution in [2.45, 2.75) is 13.3 Å². The molecule has 3 rings (SSSR count). The Labute approximate surface area is 145 Å². The number of carbonyl (C=O) groups excluding carboxylic acids is 1. The molecular weight excluding hydrogens is 322 g/mol. The Morgan fingerprint density at radius 3 is 2.67 bits per heavy atom. The molecule has 0 bridgehead atoms. The maximum Gasteiger partial charge on any atom is 0.230 e. The number of anilines is 1.